The largest absolute Gasteiger partial charge is 0.287 e. The van der Waals surface area contributed by atoms with Gasteiger partial charge in [0.05, 0.1) is 11.5 Å². The minimum absolute atomic E-state index is 0.251. The molecule has 84 valence electrons. The highest BCUT2D eigenvalue weighted by molar-refractivity contribution is 7.89. The van der Waals surface area contributed by atoms with Crippen molar-refractivity contribution in [1.82, 2.24) is 4.89 Å². The predicted molar refractivity (Wildman–Crippen MR) is 57.9 cm³/mol. The standard InChI is InChI=1S/C10H15NO3S/c1-4-14-11-15(12,13)10-6-5-8(2)7-9(10)3/h5-7,11H,4H2,1-3H3. The second-order valence-corrected chi connectivity index (χ2v) is 4.90. The fraction of sp³-hybridized carbons (Fsp3) is 0.400. The van der Waals surface area contributed by atoms with E-state index in [9.17, 15) is 8.42 Å². The molecule has 0 fully saturated rings. The van der Waals surface area contributed by atoms with Crippen LogP contribution in [0.5, 0.6) is 0 Å². The first kappa shape index (κ1) is 12.2. The molecule has 5 heteroatoms. The Morgan fingerprint density at radius 2 is 2.00 bits per heavy atom. The Balaban J connectivity index is 3.05. The first-order chi connectivity index (χ1) is 6.97. The summed E-state index contributed by atoms with van der Waals surface area (Å²) in [6, 6.07) is 5.15. The fourth-order valence-electron chi connectivity index (χ4n) is 1.28. The molecule has 0 atom stereocenters. The summed E-state index contributed by atoms with van der Waals surface area (Å²) in [4.78, 5) is 7.01. The maximum atomic E-state index is 11.7. The van der Waals surface area contributed by atoms with Crippen LogP contribution in [-0.2, 0) is 14.9 Å². The quantitative estimate of drug-likeness (QED) is 0.797. The van der Waals surface area contributed by atoms with E-state index in [-0.39, 0.29) is 4.90 Å². The van der Waals surface area contributed by atoms with Gasteiger partial charge >= 0.3 is 0 Å². The summed E-state index contributed by atoms with van der Waals surface area (Å²) < 4.78 is 23.4. The van der Waals surface area contributed by atoms with E-state index in [1.807, 2.05) is 13.0 Å². The molecule has 4 nitrogen and oxygen atoms in total. The average Bonchev–Trinajstić information content (AvgIpc) is 2.14. The van der Waals surface area contributed by atoms with Crippen molar-refractivity contribution in [2.45, 2.75) is 25.7 Å². The zero-order chi connectivity index (χ0) is 11.5. The number of hydrogen-bond donors (Lipinski definition) is 1. The highest BCUT2D eigenvalue weighted by Gasteiger charge is 2.16. The van der Waals surface area contributed by atoms with Crippen LogP contribution in [0.15, 0.2) is 23.1 Å². The van der Waals surface area contributed by atoms with Gasteiger partial charge in [0, 0.05) is 0 Å². The molecule has 0 bridgehead atoms. The van der Waals surface area contributed by atoms with E-state index in [4.69, 9.17) is 4.84 Å². The normalized spacial score (nSPS) is 11.7. The first-order valence-corrected chi connectivity index (χ1v) is 6.16. The van der Waals surface area contributed by atoms with E-state index in [0.29, 0.717) is 12.2 Å². The van der Waals surface area contributed by atoms with Crippen LogP contribution in [0.3, 0.4) is 0 Å². The van der Waals surface area contributed by atoms with Crippen molar-refractivity contribution < 1.29 is 13.3 Å². The van der Waals surface area contributed by atoms with Gasteiger partial charge in [0.25, 0.3) is 10.0 Å². The van der Waals surface area contributed by atoms with Crippen LogP contribution >= 0.6 is 0 Å². The number of aryl methyl sites for hydroxylation is 2. The van der Waals surface area contributed by atoms with Gasteiger partial charge < -0.3 is 0 Å². The summed E-state index contributed by atoms with van der Waals surface area (Å²) in [5.74, 6) is 0. The second kappa shape index (κ2) is 4.74. The van der Waals surface area contributed by atoms with Crippen molar-refractivity contribution in [3.8, 4) is 0 Å². The summed E-state index contributed by atoms with van der Waals surface area (Å²) >= 11 is 0. The van der Waals surface area contributed by atoms with E-state index >= 15 is 0 Å². The highest BCUT2D eigenvalue weighted by atomic mass is 32.2. The number of benzene rings is 1. The Bertz CT molecular complexity index is 440. The Labute approximate surface area is 90.3 Å². The van der Waals surface area contributed by atoms with E-state index in [1.165, 1.54) is 0 Å². The molecule has 0 unspecified atom stereocenters. The van der Waals surface area contributed by atoms with E-state index in [1.54, 1.807) is 26.0 Å². The molecule has 0 aliphatic rings. The molecule has 0 radical (unpaired) electrons. The molecular formula is C10H15NO3S. The van der Waals surface area contributed by atoms with Crippen LogP contribution in [0.4, 0.5) is 0 Å². The minimum Gasteiger partial charge on any atom is -0.287 e. The third-order valence-corrected chi connectivity index (χ3v) is 3.31. The maximum Gasteiger partial charge on any atom is 0.262 e. The molecule has 0 saturated carbocycles. The lowest BCUT2D eigenvalue weighted by Crippen LogP contribution is -2.24. The molecule has 1 aromatic rings. The van der Waals surface area contributed by atoms with Crippen LogP contribution in [0.1, 0.15) is 18.1 Å². The highest BCUT2D eigenvalue weighted by Crippen LogP contribution is 2.15. The van der Waals surface area contributed by atoms with Gasteiger partial charge in [-0.1, -0.05) is 22.6 Å². The summed E-state index contributed by atoms with van der Waals surface area (Å²) in [5, 5.41) is 0. The molecule has 0 heterocycles. The smallest absolute Gasteiger partial charge is 0.262 e. The molecule has 0 spiro atoms. The van der Waals surface area contributed by atoms with Crippen molar-refractivity contribution >= 4 is 10.0 Å². The number of nitrogens with one attached hydrogen (secondary N) is 1. The molecule has 0 aliphatic carbocycles. The number of hydrogen-bond acceptors (Lipinski definition) is 3. The lowest BCUT2D eigenvalue weighted by atomic mass is 10.2. The average molecular weight is 229 g/mol. The lowest BCUT2D eigenvalue weighted by Gasteiger charge is -2.08. The van der Waals surface area contributed by atoms with Gasteiger partial charge in [0.2, 0.25) is 0 Å². The summed E-state index contributed by atoms with van der Waals surface area (Å²) in [6.07, 6.45) is 0. The molecule has 0 aromatic heterocycles. The van der Waals surface area contributed by atoms with Crippen molar-refractivity contribution in [2.75, 3.05) is 6.61 Å². The Hall–Kier alpha value is -0.910. The van der Waals surface area contributed by atoms with Gasteiger partial charge in [0.1, 0.15) is 0 Å². The van der Waals surface area contributed by atoms with Crippen LogP contribution in [0.2, 0.25) is 0 Å². The summed E-state index contributed by atoms with van der Waals surface area (Å²) in [7, 11) is -3.54. The molecule has 0 amide bonds. The molecule has 0 aliphatic heterocycles. The molecule has 15 heavy (non-hydrogen) atoms. The van der Waals surface area contributed by atoms with E-state index < -0.39 is 10.0 Å². The van der Waals surface area contributed by atoms with Crippen molar-refractivity contribution in [2.24, 2.45) is 0 Å². The zero-order valence-corrected chi connectivity index (χ0v) is 9.89. The van der Waals surface area contributed by atoms with Crippen LogP contribution < -0.4 is 4.89 Å². The monoisotopic (exact) mass is 229 g/mol. The molecule has 1 N–H and O–H groups in total. The van der Waals surface area contributed by atoms with Gasteiger partial charge in [-0.2, -0.15) is 0 Å². The third kappa shape index (κ3) is 3.02. The summed E-state index contributed by atoms with van der Waals surface area (Å²) in [6.45, 7) is 5.68. The Morgan fingerprint density at radius 3 is 2.53 bits per heavy atom. The topological polar surface area (TPSA) is 55.4 Å². The predicted octanol–water partition coefficient (Wildman–Crippen LogP) is 1.53. The van der Waals surface area contributed by atoms with Gasteiger partial charge in [-0.25, -0.2) is 8.42 Å². The van der Waals surface area contributed by atoms with Gasteiger partial charge in [-0.3, -0.25) is 4.84 Å². The lowest BCUT2D eigenvalue weighted by molar-refractivity contribution is 0.105. The van der Waals surface area contributed by atoms with Crippen molar-refractivity contribution in [3.05, 3.63) is 29.3 Å². The molecule has 0 saturated heterocycles. The van der Waals surface area contributed by atoms with Gasteiger partial charge in [0.15, 0.2) is 0 Å². The van der Waals surface area contributed by atoms with Crippen molar-refractivity contribution in [1.29, 1.82) is 0 Å². The Morgan fingerprint density at radius 1 is 1.33 bits per heavy atom. The van der Waals surface area contributed by atoms with Gasteiger partial charge in [-0.15, -0.1) is 0 Å². The first-order valence-electron chi connectivity index (χ1n) is 4.68. The van der Waals surface area contributed by atoms with E-state index in [2.05, 4.69) is 4.89 Å². The third-order valence-electron chi connectivity index (χ3n) is 1.93. The van der Waals surface area contributed by atoms with Crippen LogP contribution in [0.25, 0.3) is 0 Å². The van der Waals surface area contributed by atoms with E-state index in [0.717, 1.165) is 5.56 Å². The fourth-order valence-corrected chi connectivity index (χ4v) is 2.38. The second-order valence-electron chi connectivity index (χ2n) is 3.29. The van der Waals surface area contributed by atoms with Crippen LogP contribution in [-0.4, -0.2) is 15.0 Å². The van der Waals surface area contributed by atoms with Crippen LogP contribution in [0, 0.1) is 13.8 Å². The van der Waals surface area contributed by atoms with Gasteiger partial charge in [-0.05, 0) is 32.4 Å². The zero-order valence-electron chi connectivity index (χ0n) is 9.07. The molecule has 1 rings (SSSR count). The molecule has 1 aromatic carbocycles. The maximum absolute atomic E-state index is 11.7. The van der Waals surface area contributed by atoms with Crippen molar-refractivity contribution in [3.63, 3.8) is 0 Å². The minimum atomic E-state index is -3.54. The Kier molecular flexibility index (Phi) is 3.84. The summed E-state index contributed by atoms with van der Waals surface area (Å²) in [5.41, 5.74) is 1.74. The number of rotatable bonds is 4. The molecular weight excluding hydrogens is 214 g/mol. The SMILES string of the molecule is CCONS(=O)(=O)c1ccc(C)cc1C. The number of sulfonamides is 1.